The number of hydrogen-bond donors (Lipinski definition) is 2. The van der Waals surface area contributed by atoms with Crippen LogP contribution in [-0.4, -0.2) is 26.1 Å². The van der Waals surface area contributed by atoms with E-state index in [4.69, 9.17) is 4.74 Å². The lowest BCUT2D eigenvalue weighted by Crippen LogP contribution is -2.35. The quantitative estimate of drug-likeness (QED) is 0.709. The van der Waals surface area contributed by atoms with E-state index in [1.165, 1.54) is 23.3 Å². The molecular weight excluding hydrogens is 380 g/mol. The second kappa shape index (κ2) is 10.7. The zero-order valence-corrected chi connectivity index (χ0v) is 17.6. The number of thiophene rings is 1. The van der Waals surface area contributed by atoms with Crippen LogP contribution < -0.4 is 15.4 Å². The fourth-order valence-electron chi connectivity index (χ4n) is 3.49. The predicted molar refractivity (Wildman–Crippen MR) is 115 cm³/mol. The van der Waals surface area contributed by atoms with Gasteiger partial charge in [-0.25, -0.2) is 0 Å². The van der Waals surface area contributed by atoms with E-state index < -0.39 is 0 Å². The highest BCUT2D eigenvalue weighted by Crippen LogP contribution is 2.27. The molecular formula is C21H29ClN2O2S. The normalized spacial score (nSPS) is 17.6. The van der Waals surface area contributed by atoms with Gasteiger partial charge in [-0.3, -0.25) is 4.79 Å². The predicted octanol–water partition coefficient (Wildman–Crippen LogP) is 4.49. The van der Waals surface area contributed by atoms with E-state index in [0.29, 0.717) is 24.8 Å². The Kier molecular flexibility index (Phi) is 8.61. The molecule has 1 aliphatic rings. The molecule has 2 unspecified atom stereocenters. The lowest BCUT2D eigenvalue weighted by atomic mass is 9.85. The van der Waals surface area contributed by atoms with Gasteiger partial charge in [0.2, 0.25) is 5.91 Å². The Morgan fingerprint density at radius 3 is 2.78 bits per heavy atom. The molecule has 0 radical (unpaired) electrons. The molecule has 1 saturated heterocycles. The molecule has 1 amide bonds. The Labute approximate surface area is 172 Å². The number of methoxy groups -OCH3 is 1. The van der Waals surface area contributed by atoms with Gasteiger partial charge in [0.15, 0.2) is 0 Å². The van der Waals surface area contributed by atoms with Gasteiger partial charge in [-0.2, -0.15) is 0 Å². The van der Waals surface area contributed by atoms with Gasteiger partial charge >= 0.3 is 0 Å². The van der Waals surface area contributed by atoms with Crippen LogP contribution in [0.5, 0.6) is 5.75 Å². The minimum Gasteiger partial charge on any atom is -0.497 e. The summed E-state index contributed by atoms with van der Waals surface area (Å²) in [6, 6.07) is 10.2. The van der Waals surface area contributed by atoms with Gasteiger partial charge in [0, 0.05) is 11.3 Å². The van der Waals surface area contributed by atoms with Crippen LogP contribution in [0.1, 0.15) is 31.1 Å². The molecule has 1 fully saturated rings. The maximum Gasteiger partial charge on any atom is 0.220 e. The third-order valence-electron chi connectivity index (χ3n) is 5.18. The van der Waals surface area contributed by atoms with Crippen LogP contribution in [-0.2, 0) is 11.3 Å². The van der Waals surface area contributed by atoms with Gasteiger partial charge < -0.3 is 15.4 Å². The van der Waals surface area contributed by atoms with Crippen molar-refractivity contribution in [2.45, 2.75) is 32.7 Å². The topological polar surface area (TPSA) is 50.4 Å². The molecule has 1 aliphatic heterocycles. The van der Waals surface area contributed by atoms with E-state index >= 15 is 0 Å². The summed E-state index contributed by atoms with van der Waals surface area (Å²) in [4.78, 5) is 13.5. The molecule has 2 heterocycles. The fourth-order valence-corrected chi connectivity index (χ4v) is 4.32. The van der Waals surface area contributed by atoms with Crippen molar-refractivity contribution in [3.8, 4) is 16.9 Å². The van der Waals surface area contributed by atoms with E-state index in [-0.39, 0.29) is 18.3 Å². The number of halogens is 1. The van der Waals surface area contributed by atoms with E-state index in [0.717, 1.165) is 24.4 Å². The van der Waals surface area contributed by atoms with Crippen LogP contribution >= 0.6 is 23.7 Å². The molecule has 2 aromatic rings. The third kappa shape index (κ3) is 6.23. The molecule has 6 heteroatoms. The van der Waals surface area contributed by atoms with Gasteiger partial charge in [-0.05, 0) is 72.5 Å². The van der Waals surface area contributed by atoms with Crippen molar-refractivity contribution in [2.24, 2.45) is 11.8 Å². The van der Waals surface area contributed by atoms with Crippen molar-refractivity contribution < 1.29 is 9.53 Å². The molecule has 0 saturated carbocycles. The Morgan fingerprint density at radius 1 is 1.33 bits per heavy atom. The van der Waals surface area contributed by atoms with Crippen molar-refractivity contribution in [3.05, 3.63) is 40.6 Å². The molecule has 1 aromatic heterocycles. The number of piperidine rings is 1. The number of amides is 1. The van der Waals surface area contributed by atoms with Crippen LogP contribution in [0, 0.1) is 11.8 Å². The second-order valence-electron chi connectivity index (χ2n) is 7.09. The van der Waals surface area contributed by atoms with Crippen molar-refractivity contribution >= 4 is 29.7 Å². The maximum absolute atomic E-state index is 12.3. The molecule has 27 heavy (non-hydrogen) atoms. The maximum atomic E-state index is 12.3. The molecule has 0 bridgehead atoms. The van der Waals surface area contributed by atoms with Crippen LogP contribution in [0.15, 0.2) is 35.7 Å². The van der Waals surface area contributed by atoms with Crippen molar-refractivity contribution in [3.63, 3.8) is 0 Å². The van der Waals surface area contributed by atoms with Crippen LogP contribution in [0.2, 0.25) is 0 Å². The van der Waals surface area contributed by atoms with E-state index in [1.807, 2.05) is 12.1 Å². The zero-order valence-electron chi connectivity index (χ0n) is 16.0. The van der Waals surface area contributed by atoms with Crippen LogP contribution in [0.4, 0.5) is 0 Å². The number of hydrogen-bond acceptors (Lipinski definition) is 4. The van der Waals surface area contributed by atoms with Gasteiger partial charge in [0.1, 0.15) is 5.75 Å². The lowest BCUT2D eigenvalue weighted by Gasteiger charge is -2.27. The van der Waals surface area contributed by atoms with Gasteiger partial charge in [-0.15, -0.1) is 23.7 Å². The first-order chi connectivity index (χ1) is 12.7. The molecule has 0 spiro atoms. The van der Waals surface area contributed by atoms with E-state index in [2.05, 4.69) is 41.1 Å². The first-order valence-corrected chi connectivity index (χ1v) is 10.2. The molecule has 0 aliphatic carbocycles. The number of ether oxygens (including phenoxy) is 1. The number of rotatable bonds is 7. The Hall–Kier alpha value is -1.56. The van der Waals surface area contributed by atoms with Crippen molar-refractivity contribution in [1.29, 1.82) is 0 Å². The average Bonchev–Trinajstić information content (AvgIpc) is 3.16. The number of carbonyl (C=O) groups excluding carboxylic acids is 1. The number of nitrogens with one attached hydrogen (secondary N) is 2. The highest BCUT2D eigenvalue weighted by Gasteiger charge is 2.21. The summed E-state index contributed by atoms with van der Waals surface area (Å²) in [6.07, 6.45) is 3.07. The Balaban J connectivity index is 0.00000261. The standard InChI is InChI=1S/C21H28N2O2S.ClH/c1-15(17-4-3-9-22-12-17)10-21(24)23-13-20-11-18(14-26-20)16-5-7-19(25-2)8-6-16;/h5-8,11,14-15,17,22H,3-4,9-10,12-13H2,1-2H3,(H,23,24);1H. The summed E-state index contributed by atoms with van der Waals surface area (Å²) < 4.78 is 5.20. The van der Waals surface area contributed by atoms with Crippen LogP contribution in [0.25, 0.3) is 11.1 Å². The first-order valence-electron chi connectivity index (χ1n) is 9.35. The summed E-state index contributed by atoms with van der Waals surface area (Å²) in [6.45, 7) is 4.97. The number of carbonyl (C=O) groups is 1. The molecule has 2 N–H and O–H groups in total. The lowest BCUT2D eigenvalue weighted by molar-refractivity contribution is -0.122. The average molecular weight is 409 g/mol. The van der Waals surface area contributed by atoms with Gasteiger partial charge in [0.05, 0.1) is 13.7 Å². The summed E-state index contributed by atoms with van der Waals surface area (Å²) >= 11 is 1.69. The first kappa shape index (κ1) is 21.7. The van der Waals surface area contributed by atoms with Crippen LogP contribution in [0.3, 0.4) is 0 Å². The highest BCUT2D eigenvalue weighted by atomic mass is 35.5. The minimum atomic E-state index is 0. The largest absolute Gasteiger partial charge is 0.497 e. The minimum absolute atomic E-state index is 0. The summed E-state index contributed by atoms with van der Waals surface area (Å²) in [5.41, 5.74) is 2.35. The van der Waals surface area contributed by atoms with Gasteiger partial charge in [0.25, 0.3) is 0 Å². The molecule has 148 valence electrons. The second-order valence-corrected chi connectivity index (χ2v) is 8.09. The number of benzene rings is 1. The van der Waals surface area contributed by atoms with Crippen molar-refractivity contribution in [1.82, 2.24) is 10.6 Å². The summed E-state index contributed by atoms with van der Waals surface area (Å²) in [5.74, 6) is 2.07. The van der Waals surface area contributed by atoms with E-state index in [9.17, 15) is 4.79 Å². The SMILES string of the molecule is COc1ccc(-c2csc(CNC(=O)CC(C)C3CCCNC3)c2)cc1.Cl. The zero-order chi connectivity index (χ0) is 18.4. The smallest absolute Gasteiger partial charge is 0.220 e. The fraction of sp³-hybridized carbons (Fsp3) is 0.476. The molecule has 3 rings (SSSR count). The highest BCUT2D eigenvalue weighted by molar-refractivity contribution is 7.10. The summed E-state index contributed by atoms with van der Waals surface area (Å²) in [7, 11) is 1.67. The van der Waals surface area contributed by atoms with Gasteiger partial charge in [-0.1, -0.05) is 19.1 Å². The van der Waals surface area contributed by atoms with E-state index in [1.54, 1.807) is 18.4 Å². The molecule has 2 atom stereocenters. The Morgan fingerprint density at radius 2 is 2.11 bits per heavy atom. The Bertz CT molecular complexity index is 711. The van der Waals surface area contributed by atoms with Crippen molar-refractivity contribution in [2.75, 3.05) is 20.2 Å². The monoisotopic (exact) mass is 408 g/mol. The molecule has 1 aromatic carbocycles. The summed E-state index contributed by atoms with van der Waals surface area (Å²) in [5, 5.41) is 8.66. The molecule has 4 nitrogen and oxygen atoms in total. The third-order valence-corrected chi connectivity index (χ3v) is 6.12.